The Morgan fingerprint density at radius 1 is 1.11 bits per heavy atom. The van der Waals surface area contributed by atoms with Gasteiger partial charge >= 0.3 is 5.97 Å². The molecule has 98 valence electrons. The Kier molecular flexibility index (Phi) is 4.56. The van der Waals surface area contributed by atoms with Crippen molar-refractivity contribution in [2.75, 3.05) is 11.9 Å². The molecule has 0 spiro atoms. The number of carbonyl (C=O) groups excluding carboxylic acids is 1. The van der Waals surface area contributed by atoms with Crippen LogP contribution in [0.3, 0.4) is 0 Å². The first-order chi connectivity index (χ1) is 9.29. The minimum absolute atomic E-state index is 0.340. The first-order valence-electron chi connectivity index (χ1n) is 6.41. The SMILES string of the molecule is CCCNc1cccc(OC(=O)c2ccccc2)c1. The smallest absolute Gasteiger partial charge is 0.343 e. The van der Waals surface area contributed by atoms with E-state index in [0.29, 0.717) is 11.3 Å². The van der Waals surface area contributed by atoms with Crippen LogP contribution < -0.4 is 10.1 Å². The third kappa shape index (κ3) is 3.85. The van der Waals surface area contributed by atoms with Crippen LogP contribution in [-0.4, -0.2) is 12.5 Å². The van der Waals surface area contributed by atoms with Crippen molar-refractivity contribution in [3.05, 3.63) is 60.2 Å². The second-order valence-electron chi connectivity index (χ2n) is 4.21. The summed E-state index contributed by atoms with van der Waals surface area (Å²) in [4.78, 5) is 11.9. The van der Waals surface area contributed by atoms with E-state index in [2.05, 4.69) is 12.2 Å². The highest BCUT2D eigenvalue weighted by Gasteiger charge is 2.07. The van der Waals surface area contributed by atoms with E-state index in [9.17, 15) is 4.79 Å². The molecule has 3 heteroatoms. The fourth-order valence-corrected chi connectivity index (χ4v) is 1.68. The van der Waals surface area contributed by atoms with Crippen LogP contribution in [-0.2, 0) is 0 Å². The van der Waals surface area contributed by atoms with Crippen LogP contribution >= 0.6 is 0 Å². The molecule has 0 radical (unpaired) electrons. The molecule has 0 aliphatic rings. The molecule has 0 unspecified atom stereocenters. The molecule has 0 amide bonds. The molecule has 1 N–H and O–H groups in total. The van der Waals surface area contributed by atoms with Crippen molar-refractivity contribution in [2.24, 2.45) is 0 Å². The zero-order chi connectivity index (χ0) is 13.5. The molecule has 0 saturated heterocycles. The average molecular weight is 255 g/mol. The second kappa shape index (κ2) is 6.59. The molecule has 3 nitrogen and oxygen atoms in total. The molecule has 0 aromatic heterocycles. The Balaban J connectivity index is 2.05. The van der Waals surface area contributed by atoms with Crippen molar-refractivity contribution < 1.29 is 9.53 Å². The summed E-state index contributed by atoms with van der Waals surface area (Å²) in [6.07, 6.45) is 1.05. The van der Waals surface area contributed by atoms with Crippen LogP contribution in [0.1, 0.15) is 23.7 Å². The summed E-state index contributed by atoms with van der Waals surface area (Å²) in [6, 6.07) is 16.4. The lowest BCUT2D eigenvalue weighted by Gasteiger charge is -2.08. The summed E-state index contributed by atoms with van der Waals surface area (Å²) in [6.45, 7) is 3.00. The molecule has 2 aromatic carbocycles. The van der Waals surface area contributed by atoms with Crippen molar-refractivity contribution in [1.82, 2.24) is 0 Å². The number of nitrogens with one attached hydrogen (secondary N) is 1. The van der Waals surface area contributed by atoms with Crippen LogP contribution in [0, 0.1) is 0 Å². The standard InChI is InChI=1S/C16H17NO2/c1-2-11-17-14-9-6-10-15(12-14)19-16(18)13-7-4-3-5-8-13/h3-10,12,17H,2,11H2,1H3. The maximum absolute atomic E-state index is 11.9. The number of esters is 1. The second-order valence-corrected chi connectivity index (χ2v) is 4.21. The number of ether oxygens (including phenoxy) is 1. The number of anilines is 1. The minimum atomic E-state index is -0.340. The van der Waals surface area contributed by atoms with E-state index < -0.39 is 0 Å². The number of benzene rings is 2. The van der Waals surface area contributed by atoms with Crippen LogP contribution in [0.4, 0.5) is 5.69 Å². The average Bonchev–Trinajstić information content (AvgIpc) is 2.46. The first-order valence-corrected chi connectivity index (χ1v) is 6.41. The topological polar surface area (TPSA) is 38.3 Å². The Labute approximate surface area is 113 Å². The van der Waals surface area contributed by atoms with E-state index in [1.54, 1.807) is 18.2 Å². The lowest BCUT2D eigenvalue weighted by molar-refractivity contribution is 0.0735. The fourth-order valence-electron chi connectivity index (χ4n) is 1.68. The molecule has 19 heavy (non-hydrogen) atoms. The lowest BCUT2D eigenvalue weighted by atomic mass is 10.2. The van der Waals surface area contributed by atoms with Gasteiger partial charge in [0.15, 0.2) is 0 Å². The third-order valence-electron chi connectivity index (χ3n) is 2.63. The molecule has 0 bridgehead atoms. The van der Waals surface area contributed by atoms with Gasteiger partial charge in [-0.3, -0.25) is 0 Å². The molecule has 0 fully saturated rings. The highest BCUT2D eigenvalue weighted by atomic mass is 16.5. The Morgan fingerprint density at radius 3 is 2.63 bits per heavy atom. The highest BCUT2D eigenvalue weighted by Crippen LogP contribution is 2.18. The van der Waals surface area contributed by atoms with E-state index in [1.807, 2.05) is 36.4 Å². The van der Waals surface area contributed by atoms with E-state index in [-0.39, 0.29) is 5.97 Å². The molecule has 2 rings (SSSR count). The van der Waals surface area contributed by atoms with Gasteiger partial charge in [0.25, 0.3) is 0 Å². The van der Waals surface area contributed by atoms with Gasteiger partial charge in [0.05, 0.1) is 5.56 Å². The van der Waals surface area contributed by atoms with Crippen LogP contribution in [0.25, 0.3) is 0 Å². The summed E-state index contributed by atoms with van der Waals surface area (Å²) in [5.74, 6) is 0.211. The number of hydrogen-bond donors (Lipinski definition) is 1. The molecule has 0 saturated carbocycles. The van der Waals surface area contributed by atoms with Gasteiger partial charge in [-0.05, 0) is 30.7 Å². The van der Waals surface area contributed by atoms with Crippen LogP contribution in [0.15, 0.2) is 54.6 Å². The summed E-state index contributed by atoms with van der Waals surface area (Å²) in [7, 11) is 0. The maximum Gasteiger partial charge on any atom is 0.343 e. The van der Waals surface area contributed by atoms with E-state index in [1.165, 1.54) is 0 Å². The highest BCUT2D eigenvalue weighted by molar-refractivity contribution is 5.91. The zero-order valence-electron chi connectivity index (χ0n) is 10.9. The zero-order valence-corrected chi connectivity index (χ0v) is 10.9. The summed E-state index contributed by atoms with van der Waals surface area (Å²) < 4.78 is 5.34. The van der Waals surface area contributed by atoms with Gasteiger partial charge in [-0.2, -0.15) is 0 Å². The molecule has 0 aliphatic carbocycles. The molecule has 0 aliphatic heterocycles. The Hall–Kier alpha value is -2.29. The third-order valence-corrected chi connectivity index (χ3v) is 2.63. The van der Waals surface area contributed by atoms with E-state index in [0.717, 1.165) is 18.7 Å². The number of carbonyl (C=O) groups is 1. The lowest BCUT2D eigenvalue weighted by Crippen LogP contribution is -2.08. The number of rotatable bonds is 5. The molecular weight excluding hydrogens is 238 g/mol. The van der Waals surface area contributed by atoms with Gasteiger partial charge < -0.3 is 10.1 Å². The molecule has 2 aromatic rings. The molecule has 0 atom stereocenters. The largest absolute Gasteiger partial charge is 0.423 e. The first kappa shape index (κ1) is 13.1. The quantitative estimate of drug-likeness (QED) is 0.653. The normalized spacial score (nSPS) is 9.95. The van der Waals surface area contributed by atoms with Crippen LogP contribution in [0.5, 0.6) is 5.75 Å². The predicted molar refractivity (Wildman–Crippen MR) is 76.6 cm³/mol. The molecule has 0 heterocycles. The summed E-state index contributed by atoms with van der Waals surface area (Å²) in [5, 5.41) is 3.26. The van der Waals surface area contributed by atoms with Gasteiger partial charge in [0.1, 0.15) is 5.75 Å². The minimum Gasteiger partial charge on any atom is -0.423 e. The molecular formula is C16H17NO2. The van der Waals surface area contributed by atoms with Crippen molar-refractivity contribution in [1.29, 1.82) is 0 Å². The van der Waals surface area contributed by atoms with Crippen molar-refractivity contribution >= 4 is 11.7 Å². The number of hydrogen-bond acceptors (Lipinski definition) is 3. The fraction of sp³-hybridized carbons (Fsp3) is 0.188. The maximum atomic E-state index is 11.9. The Bertz CT molecular complexity index is 537. The van der Waals surface area contributed by atoms with Crippen molar-refractivity contribution in [3.63, 3.8) is 0 Å². The summed E-state index contributed by atoms with van der Waals surface area (Å²) in [5.41, 5.74) is 1.51. The Morgan fingerprint density at radius 2 is 1.89 bits per heavy atom. The monoisotopic (exact) mass is 255 g/mol. The van der Waals surface area contributed by atoms with E-state index >= 15 is 0 Å². The predicted octanol–water partition coefficient (Wildman–Crippen LogP) is 3.73. The van der Waals surface area contributed by atoms with Crippen LogP contribution in [0.2, 0.25) is 0 Å². The van der Waals surface area contributed by atoms with Crippen molar-refractivity contribution in [2.45, 2.75) is 13.3 Å². The van der Waals surface area contributed by atoms with Gasteiger partial charge in [-0.25, -0.2) is 4.79 Å². The van der Waals surface area contributed by atoms with Crippen molar-refractivity contribution in [3.8, 4) is 5.75 Å². The van der Waals surface area contributed by atoms with Gasteiger partial charge in [-0.1, -0.05) is 31.2 Å². The van der Waals surface area contributed by atoms with Gasteiger partial charge in [0.2, 0.25) is 0 Å². The van der Waals surface area contributed by atoms with E-state index in [4.69, 9.17) is 4.74 Å². The summed E-state index contributed by atoms with van der Waals surface area (Å²) >= 11 is 0. The van der Waals surface area contributed by atoms with Gasteiger partial charge in [-0.15, -0.1) is 0 Å². The van der Waals surface area contributed by atoms with Gasteiger partial charge in [0, 0.05) is 18.3 Å².